The quantitative estimate of drug-likeness (QED) is 0.327. The lowest BCUT2D eigenvalue weighted by Gasteiger charge is -2.43. The van der Waals surface area contributed by atoms with Crippen LogP contribution >= 0.6 is 24.8 Å². The number of methoxy groups -OCH3 is 1. The van der Waals surface area contributed by atoms with E-state index in [9.17, 15) is 35.5 Å². The number of amides is 1. The summed E-state index contributed by atoms with van der Waals surface area (Å²) in [5.74, 6) is -1.53. The normalized spacial score (nSPS) is 19.6. The maximum atomic E-state index is 14.0. The maximum absolute atomic E-state index is 14.0. The zero-order valence-corrected chi connectivity index (χ0v) is 26.1. The monoisotopic (exact) mass is 677 g/mol. The highest BCUT2D eigenvalue weighted by molar-refractivity contribution is 5.95. The van der Waals surface area contributed by atoms with Crippen molar-refractivity contribution in [1.29, 1.82) is 0 Å². The van der Waals surface area contributed by atoms with Gasteiger partial charge in [-0.15, -0.1) is 24.8 Å². The van der Waals surface area contributed by atoms with E-state index >= 15 is 0 Å². The minimum Gasteiger partial charge on any atom is -0.494 e. The van der Waals surface area contributed by atoms with Crippen molar-refractivity contribution in [1.82, 2.24) is 14.7 Å². The maximum Gasteiger partial charge on any atom is 0.416 e. The second-order valence-electron chi connectivity index (χ2n) is 11.3. The van der Waals surface area contributed by atoms with Crippen LogP contribution in [0.15, 0.2) is 36.4 Å². The van der Waals surface area contributed by atoms with Gasteiger partial charge in [0.05, 0.1) is 30.4 Å². The van der Waals surface area contributed by atoms with Crippen LogP contribution in [0, 0.1) is 5.82 Å². The second kappa shape index (κ2) is 14.8. The number of alkyl halides is 6. The third-order valence-corrected chi connectivity index (χ3v) is 7.59. The van der Waals surface area contributed by atoms with E-state index in [0.717, 1.165) is 19.6 Å². The van der Waals surface area contributed by atoms with E-state index in [2.05, 4.69) is 9.80 Å². The fraction of sp³-hybridized carbons (Fsp3) is 0.552. The molecule has 0 radical (unpaired) electrons. The lowest BCUT2D eigenvalue weighted by Crippen LogP contribution is -2.57. The molecule has 6 nitrogen and oxygen atoms in total. The molecule has 0 saturated carbocycles. The molecule has 0 bridgehead atoms. The van der Waals surface area contributed by atoms with Crippen molar-refractivity contribution >= 4 is 30.7 Å². The molecule has 0 spiro atoms. The smallest absolute Gasteiger partial charge is 0.416 e. The van der Waals surface area contributed by atoms with Crippen molar-refractivity contribution < 1.29 is 45.0 Å². The zero-order chi connectivity index (χ0) is 30.9. The molecule has 1 amide bonds. The van der Waals surface area contributed by atoms with Crippen molar-refractivity contribution in [3.05, 3.63) is 64.5 Å². The van der Waals surface area contributed by atoms with E-state index < -0.39 is 46.8 Å². The van der Waals surface area contributed by atoms with E-state index in [0.29, 0.717) is 43.9 Å². The van der Waals surface area contributed by atoms with Crippen LogP contribution in [0.5, 0.6) is 5.75 Å². The summed E-state index contributed by atoms with van der Waals surface area (Å²) < 4.78 is 106. The van der Waals surface area contributed by atoms with Crippen LogP contribution in [0.25, 0.3) is 0 Å². The Hall–Kier alpha value is -2.32. The number of ether oxygens (including phenoxy) is 2. The van der Waals surface area contributed by atoms with Gasteiger partial charge in [-0.05, 0) is 56.2 Å². The number of halogens is 9. The first-order valence-corrected chi connectivity index (χ1v) is 13.6. The summed E-state index contributed by atoms with van der Waals surface area (Å²) in [5.41, 5.74) is -3.47. The Bertz CT molecular complexity index is 1250. The number of piperazine rings is 1. The van der Waals surface area contributed by atoms with Gasteiger partial charge in [-0.2, -0.15) is 26.3 Å². The molecular weight excluding hydrogens is 642 g/mol. The van der Waals surface area contributed by atoms with Crippen molar-refractivity contribution in [2.75, 3.05) is 59.5 Å². The first-order chi connectivity index (χ1) is 19.6. The lowest BCUT2D eigenvalue weighted by molar-refractivity contribution is -0.143. The molecule has 2 aliphatic heterocycles. The third kappa shape index (κ3) is 9.59. The summed E-state index contributed by atoms with van der Waals surface area (Å²) >= 11 is 0. The predicted octanol–water partition coefficient (Wildman–Crippen LogP) is 6.20. The molecule has 2 aromatic rings. The average Bonchev–Trinajstić information content (AvgIpc) is 2.91. The van der Waals surface area contributed by atoms with Gasteiger partial charge in [0.2, 0.25) is 0 Å². The highest BCUT2D eigenvalue weighted by Gasteiger charge is 2.39. The molecule has 1 atom stereocenters. The molecule has 44 heavy (non-hydrogen) atoms. The van der Waals surface area contributed by atoms with E-state index in [1.165, 1.54) is 30.2 Å². The highest BCUT2D eigenvalue weighted by Crippen LogP contribution is 2.37. The second-order valence-corrected chi connectivity index (χ2v) is 11.3. The number of rotatable bonds is 7. The third-order valence-electron chi connectivity index (χ3n) is 7.59. The summed E-state index contributed by atoms with van der Waals surface area (Å²) in [6, 6.07) is 4.52. The van der Waals surface area contributed by atoms with Gasteiger partial charge >= 0.3 is 12.4 Å². The average molecular weight is 679 g/mol. The summed E-state index contributed by atoms with van der Waals surface area (Å²) in [5, 5.41) is 0. The van der Waals surface area contributed by atoms with Gasteiger partial charge in [0.15, 0.2) is 11.6 Å². The summed E-state index contributed by atoms with van der Waals surface area (Å²) in [6.45, 7) is 8.28. The molecular formula is C29H36Cl2F7N3O3. The van der Waals surface area contributed by atoms with Crippen molar-refractivity contribution in [3.8, 4) is 5.75 Å². The molecule has 2 saturated heterocycles. The number of hydrogen-bond acceptors (Lipinski definition) is 5. The Morgan fingerprint density at radius 1 is 0.932 bits per heavy atom. The van der Waals surface area contributed by atoms with Crippen LogP contribution in [0.1, 0.15) is 40.9 Å². The Balaban J connectivity index is 0.00000337. The molecule has 0 N–H and O–H groups in total. The van der Waals surface area contributed by atoms with Crippen molar-refractivity contribution in [2.24, 2.45) is 0 Å². The van der Waals surface area contributed by atoms with Crippen molar-refractivity contribution in [2.45, 2.75) is 44.3 Å². The molecule has 2 aliphatic rings. The first kappa shape index (κ1) is 37.9. The molecule has 2 heterocycles. The van der Waals surface area contributed by atoms with E-state index in [1.54, 1.807) is 0 Å². The number of hydrogen-bond donors (Lipinski definition) is 0. The Labute approximate surface area is 264 Å². The van der Waals surface area contributed by atoms with E-state index in [1.807, 2.05) is 13.8 Å². The van der Waals surface area contributed by atoms with Gasteiger partial charge < -0.3 is 14.4 Å². The molecule has 15 heteroatoms. The molecule has 248 valence electrons. The van der Waals surface area contributed by atoms with Gasteiger partial charge in [-0.25, -0.2) is 4.39 Å². The van der Waals surface area contributed by atoms with Crippen LogP contribution in [0.4, 0.5) is 30.7 Å². The number of benzene rings is 2. The fourth-order valence-corrected chi connectivity index (χ4v) is 5.50. The summed E-state index contributed by atoms with van der Waals surface area (Å²) in [7, 11) is 1.30. The minimum atomic E-state index is -5.08. The number of nitrogens with zero attached hydrogens (tertiary/aromatic N) is 3. The van der Waals surface area contributed by atoms with E-state index in [-0.39, 0.29) is 55.2 Å². The minimum absolute atomic E-state index is 0. The van der Waals surface area contributed by atoms with Crippen LogP contribution < -0.4 is 4.74 Å². The molecule has 4 rings (SSSR count). The summed E-state index contributed by atoms with van der Waals surface area (Å²) in [6.07, 6.45) is -9.96. The van der Waals surface area contributed by atoms with Gasteiger partial charge in [0.1, 0.15) is 0 Å². The van der Waals surface area contributed by atoms with Gasteiger partial charge in [-0.1, -0.05) is 6.07 Å². The van der Waals surface area contributed by atoms with Crippen molar-refractivity contribution in [3.63, 3.8) is 0 Å². The van der Waals surface area contributed by atoms with Gasteiger partial charge in [0.25, 0.3) is 5.91 Å². The standard InChI is InChI=1S/C29H34F7N3O3.2ClH/c1-27(2)18-38(10-11-42-27)7-6-37-8-9-39(23(17-37)12-19-4-5-24(30)25(13-19)41-3)26(40)20-14-21(28(31,32)33)16-22(15-20)29(34,35)36;;/h4-5,13-16,23H,6-12,17-18H2,1-3H3;2*1H/t23-;;/m1../s1. The SMILES string of the molecule is COc1cc(C[C@@H]2CN(CCN3CCOC(C)(C)C3)CCN2C(=O)c2cc(C(F)(F)F)cc(C(F)(F)F)c2)ccc1F.Cl.Cl. The van der Waals surface area contributed by atoms with Crippen LogP contribution in [-0.2, 0) is 23.5 Å². The van der Waals surface area contributed by atoms with Crippen LogP contribution in [0.3, 0.4) is 0 Å². The highest BCUT2D eigenvalue weighted by atomic mass is 35.5. The number of morpholine rings is 1. The largest absolute Gasteiger partial charge is 0.494 e. The Morgan fingerprint density at radius 2 is 1.55 bits per heavy atom. The van der Waals surface area contributed by atoms with Crippen LogP contribution in [0.2, 0.25) is 0 Å². The first-order valence-electron chi connectivity index (χ1n) is 13.6. The molecule has 2 fully saturated rings. The Morgan fingerprint density at radius 3 is 2.11 bits per heavy atom. The Kier molecular flexibility index (Phi) is 12.8. The molecule has 0 aliphatic carbocycles. The number of carbonyl (C=O) groups excluding carboxylic acids is 1. The van der Waals surface area contributed by atoms with Crippen LogP contribution in [-0.4, -0.2) is 91.8 Å². The lowest BCUT2D eigenvalue weighted by atomic mass is 9.98. The molecule has 0 unspecified atom stereocenters. The zero-order valence-electron chi connectivity index (χ0n) is 24.4. The molecule has 2 aromatic carbocycles. The summed E-state index contributed by atoms with van der Waals surface area (Å²) in [4.78, 5) is 19.3. The predicted molar refractivity (Wildman–Crippen MR) is 155 cm³/mol. The van der Waals surface area contributed by atoms with Gasteiger partial charge in [0, 0.05) is 57.4 Å². The fourth-order valence-electron chi connectivity index (χ4n) is 5.50. The number of carbonyl (C=O) groups is 1. The molecule has 0 aromatic heterocycles. The topological polar surface area (TPSA) is 45.2 Å². The van der Waals surface area contributed by atoms with Gasteiger partial charge in [-0.3, -0.25) is 14.6 Å². The van der Waals surface area contributed by atoms with E-state index in [4.69, 9.17) is 9.47 Å².